The number of hydrogen-bond acceptors (Lipinski definition) is 3. The zero-order valence-electron chi connectivity index (χ0n) is 8.26. The first kappa shape index (κ1) is 8.75. The Morgan fingerprint density at radius 2 is 2.46 bits per heavy atom. The Hall–Kier alpha value is -0.830. The minimum atomic E-state index is 0.573. The molecule has 1 fully saturated rings. The molecule has 0 aromatic carbocycles. The average Bonchev–Trinajstić information content (AvgIpc) is 2.72. The van der Waals surface area contributed by atoms with Gasteiger partial charge in [-0.05, 0) is 19.9 Å². The summed E-state index contributed by atoms with van der Waals surface area (Å²) in [6.07, 6.45) is 2.08. The molecule has 0 aliphatic carbocycles. The van der Waals surface area contributed by atoms with Crippen molar-refractivity contribution in [1.82, 2.24) is 10.3 Å². The van der Waals surface area contributed by atoms with Crippen LogP contribution in [0.4, 0.5) is 0 Å². The van der Waals surface area contributed by atoms with Gasteiger partial charge in [-0.25, -0.2) is 4.98 Å². The summed E-state index contributed by atoms with van der Waals surface area (Å²) in [6, 6.07) is 0. The summed E-state index contributed by atoms with van der Waals surface area (Å²) in [7, 11) is 0. The summed E-state index contributed by atoms with van der Waals surface area (Å²) in [5.74, 6) is 2.45. The summed E-state index contributed by atoms with van der Waals surface area (Å²) in [4.78, 5) is 4.50. The SMILES string of the molecule is CCc1nc(C2CCNC2)c(C)o1. The summed E-state index contributed by atoms with van der Waals surface area (Å²) in [5, 5.41) is 3.34. The van der Waals surface area contributed by atoms with E-state index in [2.05, 4.69) is 17.2 Å². The maximum Gasteiger partial charge on any atom is 0.194 e. The molecule has 1 saturated heterocycles. The van der Waals surface area contributed by atoms with E-state index in [0.717, 1.165) is 31.2 Å². The van der Waals surface area contributed by atoms with Gasteiger partial charge in [-0.3, -0.25) is 0 Å². The van der Waals surface area contributed by atoms with E-state index in [1.165, 1.54) is 12.1 Å². The first-order chi connectivity index (χ1) is 6.31. The number of aromatic nitrogens is 1. The zero-order chi connectivity index (χ0) is 9.26. The molecule has 1 atom stereocenters. The molecule has 0 radical (unpaired) electrons. The van der Waals surface area contributed by atoms with Gasteiger partial charge >= 0.3 is 0 Å². The van der Waals surface area contributed by atoms with Crippen LogP contribution in [0.1, 0.15) is 36.6 Å². The van der Waals surface area contributed by atoms with E-state index < -0.39 is 0 Å². The molecule has 0 amide bonds. The molecule has 3 heteroatoms. The van der Waals surface area contributed by atoms with Crippen molar-refractivity contribution in [2.45, 2.75) is 32.6 Å². The number of nitrogens with zero attached hydrogens (tertiary/aromatic N) is 1. The van der Waals surface area contributed by atoms with E-state index in [1.54, 1.807) is 0 Å². The van der Waals surface area contributed by atoms with Crippen LogP contribution in [-0.2, 0) is 6.42 Å². The molecule has 0 bridgehead atoms. The molecule has 2 heterocycles. The molecule has 0 spiro atoms. The molecule has 1 aliphatic rings. The first-order valence-corrected chi connectivity index (χ1v) is 4.98. The van der Waals surface area contributed by atoms with Gasteiger partial charge < -0.3 is 9.73 Å². The molecule has 1 unspecified atom stereocenters. The molecule has 2 rings (SSSR count). The van der Waals surface area contributed by atoms with Gasteiger partial charge in [-0.15, -0.1) is 0 Å². The predicted molar refractivity (Wildman–Crippen MR) is 50.8 cm³/mol. The lowest BCUT2D eigenvalue weighted by Crippen LogP contribution is -2.08. The quantitative estimate of drug-likeness (QED) is 0.751. The minimum Gasteiger partial charge on any atom is -0.446 e. The Labute approximate surface area is 78.5 Å². The average molecular weight is 180 g/mol. The molecule has 13 heavy (non-hydrogen) atoms. The van der Waals surface area contributed by atoms with Crippen LogP contribution < -0.4 is 5.32 Å². The van der Waals surface area contributed by atoms with Crippen molar-refractivity contribution in [1.29, 1.82) is 0 Å². The third kappa shape index (κ3) is 1.61. The second-order valence-corrected chi connectivity index (χ2v) is 3.59. The topological polar surface area (TPSA) is 38.1 Å². The highest BCUT2D eigenvalue weighted by Gasteiger charge is 2.22. The van der Waals surface area contributed by atoms with Gasteiger partial charge in [-0.1, -0.05) is 6.92 Å². The molecule has 3 nitrogen and oxygen atoms in total. The Morgan fingerprint density at radius 1 is 1.62 bits per heavy atom. The highest BCUT2D eigenvalue weighted by molar-refractivity contribution is 5.15. The van der Waals surface area contributed by atoms with Crippen LogP contribution in [0, 0.1) is 6.92 Å². The van der Waals surface area contributed by atoms with Crippen molar-refractivity contribution in [3.05, 3.63) is 17.3 Å². The molecule has 0 saturated carbocycles. The second kappa shape index (κ2) is 3.50. The normalized spacial score (nSPS) is 22.5. The van der Waals surface area contributed by atoms with Crippen molar-refractivity contribution in [3.63, 3.8) is 0 Å². The zero-order valence-corrected chi connectivity index (χ0v) is 8.26. The summed E-state index contributed by atoms with van der Waals surface area (Å²) in [6.45, 7) is 6.25. The third-order valence-corrected chi connectivity index (χ3v) is 2.63. The molecule has 1 aromatic heterocycles. The van der Waals surface area contributed by atoms with Gasteiger partial charge in [0.2, 0.25) is 0 Å². The standard InChI is InChI=1S/C10H16N2O/c1-3-9-12-10(7(2)13-9)8-4-5-11-6-8/h8,11H,3-6H2,1-2H3. The fourth-order valence-corrected chi connectivity index (χ4v) is 1.88. The van der Waals surface area contributed by atoms with Crippen molar-refractivity contribution in [2.75, 3.05) is 13.1 Å². The minimum absolute atomic E-state index is 0.573. The maximum absolute atomic E-state index is 5.54. The smallest absolute Gasteiger partial charge is 0.194 e. The summed E-state index contributed by atoms with van der Waals surface area (Å²) in [5.41, 5.74) is 1.17. The summed E-state index contributed by atoms with van der Waals surface area (Å²) < 4.78 is 5.54. The van der Waals surface area contributed by atoms with Crippen LogP contribution in [0.25, 0.3) is 0 Å². The van der Waals surface area contributed by atoms with Gasteiger partial charge in [0.25, 0.3) is 0 Å². The fourth-order valence-electron chi connectivity index (χ4n) is 1.88. The molecule has 1 aliphatic heterocycles. The molecule has 1 N–H and O–H groups in total. The van der Waals surface area contributed by atoms with Crippen molar-refractivity contribution in [2.24, 2.45) is 0 Å². The van der Waals surface area contributed by atoms with E-state index in [4.69, 9.17) is 4.42 Å². The predicted octanol–water partition coefficient (Wildman–Crippen LogP) is 1.62. The lowest BCUT2D eigenvalue weighted by atomic mass is 10.0. The van der Waals surface area contributed by atoms with E-state index in [0.29, 0.717) is 5.92 Å². The van der Waals surface area contributed by atoms with Crippen molar-refractivity contribution < 1.29 is 4.42 Å². The van der Waals surface area contributed by atoms with Gasteiger partial charge in [0.05, 0.1) is 5.69 Å². The first-order valence-electron chi connectivity index (χ1n) is 4.98. The second-order valence-electron chi connectivity index (χ2n) is 3.59. The molecule has 72 valence electrons. The van der Waals surface area contributed by atoms with Crippen LogP contribution in [0.5, 0.6) is 0 Å². The largest absolute Gasteiger partial charge is 0.446 e. The van der Waals surface area contributed by atoms with Crippen molar-refractivity contribution in [3.8, 4) is 0 Å². The van der Waals surface area contributed by atoms with Gasteiger partial charge in [0.15, 0.2) is 5.89 Å². The monoisotopic (exact) mass is 180 g/mol. The number of aryl methyl sites for hydroxylation is 2. The van der Waals surface area contributed by atoms with Crippen LogP contribution in [-0.4, -0.2) is 18.1 Å². The van der Waals surface area contributed by atoms with E-state index in [9.17, 15) is 0 Å². The lowest BCUT2D eigenvalue weighted by molar-refractivity contribution is 0.475. The van der Waals surface area contributed by atoms with Gasteiger partial charge in [0.1, 0.15) is 5.76 Å². The van der Waals surface area contributed by atoms with E-state index in [1.807, 2.05) is 6.92 Å². The van der Waals surface area contributed by atoms with Crippen LogP contribution in [0.2, 0.25) is 0 Å². The highest BCUT2D eigenvalue weighted by atomic mass is 16.4. The van der Waals surface area contributed by atoms with E-state index >= 15 is 0 Å². The summed E-state index contributed by atoms with van der Waals surface area (Å²) >= 11 is 0. The van der Waals surface area contributed by atoms with Crippen LogP contribution in [0.3, 0.4) is 0 Å². The molecular formula is C10H16N2O. The van der Waals surface area contributed by atoms with Crippen LogP contribution in [0.15, 0.2) is 4.42 Å². The number of hydrogen-bond donors (Lipinski definition) is 1. The van der Waals surface area contributed by atoms with Gasteiger partial charge in [-0.2, -0.15) is 0 Å². The number of rotatable bonds is 2. The van der Waals surface area contributed by atoms with Crippen molar-refractivity contribution >= 4 is 0 Å². The van der Waals surface area contributed by atoms with E-state index in [-0.39, 0.29) is 0 Å². The molecular weight excluding hydrogens is 164 g/mol. The lowest BCUT2D eigenvalue weighted by Gasteiger charge is -2.03. The number of oxazole rings is 1. The fraction of sp³-hybridized carbons (Fsp3) is 0.700. The maximum atomic E-state index is 5.54. The Balaban J connectivity index is 2.22. The number of nitrogens with one attached hydrogen (secondary N) is 1. The highest BCUT2D eigenvalue weighted by Crippen LogP contribution is 2.25. The Morgan fingerprint density at radius 3 is 3.00 bits per heavy atom. The molecule has 1 aromatic rings. The van der Waals surface area contributed by atoms with Gasteiger partial charge in [0, 0.05) is 18.9 Å². The van der Waals surface area contributed by atoms with Crippen LogP contribution >= 0.6 is 0 Å². The Bertz CT molecular complexity index is 287. The third-order valence-electron chi connectivity index (χ3n) is 2.63. The Kier molecular flexibility index (Phi) is 2.36.